The van der Waals surface area contributed by atoms with Crippen molar-refractivity contribution in [1.82, 2.24) is 48.3 Å². The molecule has 0 radical (unpaired) electrons. The number of carbonyl (C=O) groups excluding carboxylic acids is 3. The maximum Gasteiger partial charge on any atom is 0.301 e. The third-order valence-electron chi connectivity index (χ3n) is 25.7. The molecule has 6 atom stereocenters. The lowest BCUT2D eigenvalue weighted by atomic mass is 9.97. The van der Waals surface area contributed by atoms with Crippen LogP contribution in [0.15, 0.2) is 144 Å². The van der Waals surface area contributed by atoms with Crippen LogP contribution < -0.4 is 40.9 Å². The van der Waals surface area contributed by atoms with E-state index in [4.69, 9.17) is 95.7 Å². The average molecular weight is 1960 g/mol. The lowest BCUT2D eigenvalue weighted by molar-refractivity contribution is -0.129. The van der Waals surface area contributed by atoms with Crippen LogP contribution in [0.1, 0.15) is 126 Å². The van der Waals surface area contributed by atoms with E-state index in [1.54, 1.807) is 58.4 Å². The van der Waals surface area contributed by atoms with Gasteiger partial charge in [0.2, 0.25) is 29.2 Å². The van der Waals surface area contributed by atoms with Gasteiger partial charge in [0.1, 0.15) is 35.5 Å². The molecule has 7 aromatic heterocycles. The van der Waals surface area contributed by atoms with E-state index in [-0.39, 0.29) is 206 Å². The first-order chi connectivity index (χ1) is 63.6. The zero-order chi connectivity index (χ0) is 96.6. The number of fused-ring (bicyclic) bond motifs is 15. The Labute approximate surface area is 803 Å². The van der Waals surface area contributed by atoms with E-state index in [2.05, 4.69) is 39.6 Å². The second-order valence-corrected chi connectivity index (χ2v) is 38.1. The topological polar surface area (TPSA) is 267 Å². The minimum Gasteiger partial charge on any atom is -0.508 e. The highest BCUT2D eigenvalue weighted by molar-refractivity contribution is 6.45. The standard InChI is InChI=1S/C34H32Cl2F2N4O4.C33H30Cl2F2N4O3.C32H30Cl3N5O4/c1-6-25(44)40-15-19-8-10-46-33-32(41(19)14-18(40)5)22-13-24(37)26(21-11-20(43)12-23(35)27(21)36)28(38)31(22)42(34(33)45)30-17(4)7-9-39-29(30)16(2)3;1-6-25(43)39-14-18-9-22-31(40(18)13-17(39)5)21-12-24(36)26(20-10-19(42)11-23(34)27(20)35)28(37)32(21)41(33(22)44)30-16(4)7-8-38-29(30)15(2)3;1-6-24(42)38-13-18-14-44-30-29(39(18)12-17(38)5)21-11-23(34)27(20-9-19(41)10-22(33)25(20)35)37-31(21)40(32(30)43)28-16(4)7-8-36-26(28)15(2)3/h6-7,9,11-13,16,18-19,43H,1,8,10,14-15H2,2-5H3;6-8,10-12,15,17-18,42H,1,9,13-14H2,2-5H3;6-11,15,17-18,41H,1,12-14H2,2-5H3. The Hall–Kier alpha value is -11.9. The number of ether oxygens (including phenoxy) is 2. The number of nitrogens with zero attached hydrogens (tertiary/aromatic N) is 13. The SMILES string of the molecule is C=CC(=O)N1CC2CCOc3c(c4cc(F)c(-c5cc(O)cc(Cl)c5Cl)c(F)c4n(-c4c(C)ccnc4C(C)C)c3=O)N2CC1C.C=CC(=O)N1CC2COc3c(c4cc(Cl)c(-c5cc(O)cc(Cl)c5Cl)nc4n(-c4c(C)ccnc4C(C)C)c3=O)N2CC1C.C=CC(=O)N1CC2Cc3c(c4cc(F)c(-c5cc(O)cc(Cl)c5Cl)c(F)c4n(-c4c(C)ccnc4C(C)C)c3=O)N2CC1C. The molecule has 0 saturated carbocycles. The maximum atomic E-state index is 17.3. The fourth-order valence-corrected chi connectivity index (χ4v) is 20.9. The van der Waals surface area contributed by atoms with E-state index in [0.29, 0.717) is 118 Å². The van der Waals surface area contributed by atoms with Crippen molar-refractivity contribution >= 4 is 149 Å². The van der Waals surface area contributed by atoms with Gasteiger partial charge in [-0.15, -0.1) is 0 Å². The van der Waals surface area contributed by atoms with Crippen molar-refractivity contribution < 1.29 is 56.7 Å². The number of pyridine rings is 7. The third kappa shape index (κ3) is 16.3. The van der Waals surface area contributed by atoms with Gasteiger partial charge in [-0.05, 0) is 149 Å². The van der Waals surface area contributed by atoms with Crippen molar-refractivity contribution in [2.24, 2.45) is 0 Å². The minimum absolute atomic E-state index is 0.0180. The molecule has 3 N–H and O–H groups in total. The molecule has 134 heavy (non-hydrogen) atoms. The zero-order valence-electron chi connectivity index (χ0n) is 74.9. The number of benzene rings is 5. The van der Waals surface area contributed by atoms with E-state index in [1.807, 2.05) is 92.0 Å². The number of hydrogen-bond acceptors (Lipinski definition) is 18. The number of phenolic OH excluding ortho intramolecular Hbond substituents is 3. The molecule has 3 amide bonds. The Kier molecular flexibility index (Phi) is 26.4. The largest absolute Gasteiger partial charge is 0.508 e. The molecular formula is C99H92Cl7F4N13O11. The number of aromatic hydroxyl groups is 3. The molecule has 13 heterocycles. The Bertz CT molecular complexity index is 7220. The van der Waals surface area contributed by atoms with Crippen LogP contribution in [0.25, 0.3) is 83.4 Å². The molecule has 6 aliphatic rings. The van der Waals surface area contributed by atoms with Gasteiger partial charge in [0, 0.05) is 145 Å². The van der Waals surface area contributed by atoms with Gasteiger partial charge >= 0.3 is 5.56 Å². The van der Waals surface area contributed by atoms with Gasteiger partial charge in [-0.3, -0.25) is 57.4 Å². The number of phenols is 3. The molecule has 6 aliphatic heterocycles. The molecule has 0 bridgehead atoms. The molecule has 3 fully saturated rings. The quantitative estimate of drug-likeness (QED) is 0.0758. The first-order valence-corrected chi connectivity index (χ1v) is 46.0. The molecule has 0 spiro atoms. The highest BCUT2D eigenvalue weighted by Crippen LogP contribution is 2.52. The molecule has 24 nitrogen and oxygen atoms in total. The van der Waals surface area contributed by atoms with Crippen LogP contribution in [0.3, 0.4) is 0 Å². The lowest BCUT2D eigenvalue weighted by Crippen LogP contribution is -2.62. The Balaban J connectivity index is 0.000000146. The molecule has 3 saturated heterocycles. The van der Waals surface area contributed by atoms with Crippen LogP contribution >= 0.6 is 81.2 Å². The lowest BCUT2D eigenvalue weighted by Gasteiger charge is -2.48. The maximum absolute atomic E-state index is 17.3. The van der Waals surface area contributed by atoms with Crippen LogP contribution in [-0.4, -0.2) is 170 Å². The smallest absolute Gasteiger partial charge is 0.301 e. The molecule has 5 aromatic carbocycles. The number of anilines is 3. The molecule has 18 rings (SSSR count). The molecule has 12 aromatic rings. The highest BCUT2D eigenvalue weighted by atomic mass is 35.5. The minimum atomic E-state index is -1.08. The first kappa shape index (κ1) is 95.3. The average Bonchev–Trinajstić information content (AvgIpc) is 1.41. The van der Waals surface area contributed by atoms with Crippen molar-refractivity contribution in [2.75, 3.05) is 67.2 Å². The monoisotopic (exact) mass is 1960 g/mol. The van der Waals surface area contributed by atoms with E-state index < -0.39 is 51.1 Å². The fraction of sp³-hybridized carbons (Fsp3) is 0.313. The van der Waals surface area contributed by atoms with Gasteiger partial charge < -0.3 is 54.2 Å². The summed E-state index contributed by atoms with van der Waals surface area (Å²) in [5.41, 5.74) is 4.59. The molecule has 35 heteroatoms. The summed E-state index contributed by atoms with van der Waals surface area (Å²) in [6, 6.07) is 15.3. The second kappa shape index (κ2) is 37.1. The van der Waals surface area contributed by atoms with Crippen LogP contribution in [0.2, 0.25) is 35.2 Å². The molecule has 0 aliphatic carbocycles. The number of aryl methyl sites for hydroxylation is 3. The van der Waals surface area contributed by atoms with Crippen molar-refractivity contribution in [2.45, 2.75) is 150 Å². The van der Waals surface area contributed by atoms with Gasteiger partial charge in [-0.1, -0.05) is 142 Å². The van der Waals surface area contributed by atoms with E-state index in [1.165, 1.54) is 62.3 Å². The Morgan fingerprint density at radius 3 is 1.28 bits per heavy atom. The number of carbonyl (C=O) groups is 3. The van der Waals surface area contributed by atoms with Crippen molar-refractivity contribution in [3.63, 3.8) is 0 Å². The number of amides is 3. The predicted octanol–water partition coefficient (Wildman–Crippen LogP) is 20.6. The normalized spacial score (nSPS) is 17.8. The summed E-state index contributed by atoms with van der Waals surface area (Å²) in [5, 5.41) is 31.8. The number of rotatable bonds is 12. The van der Waals surface area contributed by atoms with Crippen LogP contribution in [-0.2, 0) is 20.8 Å². The van der Waals surface area contributed by atoms with Crippen LogP contribution in [0.5, 0.6) is 28.7 Å². The summed E-state index contributed by atoms with van der Waals surface area (Å²) in [6.45, 7) is 36.3. The van der Waals surface area contributed by atoms with Crippen molar-refractivity contribution in [1.29, 1.82) is 0 Å². The third-order valence-corrected chi connectivity index (χ3v) is 28.4. The van der Waals surface area contributed by atoms with Gasteiger partial charge in [0.25, 0.3) is 11.1 Å². The zero-order valence-corrected chi connectivity index (χ0v) is 80.2. The van der Waals surface area contributed by atoms with Crippen molar-refractivity contribution in [3.05, 3.63) is 258 Å². The van der Waals surface area contributed by atoms with E-state index >= 15 is 17.6 Å². The first-order valence-electron chi connectivity index (χ1n) is 43.4. The molecule has 696 valence electrons. The van der Waals surface area contributed by atoms with Gasteiger partial charge in [-0.25, -0.2) is 22.5 Å². The number of hydrogen-bond donors (Lipinski definition) is 3. The van der Waals surface area contributed by atoms with Crippen LogP contribution in [0, 0.1) is 44.0 Å². The van der Waals surface area contributed by atoms with E-state index in [9.17, 15) is 44.1 Å². The van der Waals surface area contributed by atoms with Crippen LogP contribution in [0.4, 0.5) is 34.6 Å². The number of halogens is 11. The number of piperazine rings is 3. The van der Waals surface area contributed by atoms with Gasteiger partial charge in [0.15, 0.2) is 17.3 Å². The second-order valence-electron chi connectivity index (χ2n) is 35.3. The summed E-state index contributed by atoms with van der Waals surface area (Å²) in [6.07, 6.45) is 9.54. The number of aromatic nitrogens is 7. The summed E-state index contributed by atoms with van der Waals surface area (Å²) in [7, 11) is 0. The fourth-order valence-electron chi connectivity index (χ4n) is 19.4. The van der Waals surface area contributed by atoms with Gasteiger partial charge in [0.05, 0.1) is 139 Å². The Morgan fingerprint density at radius 2 is 0.828 bits per heavy atom. The highest BCUT2D eigenvalue weighted by Gasteiger charge is 2.46. The van der Waals surface area contributed by atoms with Gasteiger partial charge in [-0.2, -0.15) is 0 Å². The Morgan fingerprint density at radius 1 is 0.455 bits per heavy atom. The molecular weight excluding hydrogens is 1870 g/mol. The summed E-state index contributed by atoms with van der Waals surface area (Å²) in [5.74, 6) is -5.60. The van der Waals surface area contributed by atoms with Crippen molar-refractivity contribution in [3.8, 4) is 79.3 Å². The summed E-state index contributed by atoms with van der Waals surface area (Å²) in [4.78, 5) is 112. The molecule has 6 unspecified atom stereocenters. The summed E-state index contributed by atoms with van der Waals surface area (Å²) >= 11 is 45.1. The van der Waals surface area contributed by atoms with E-state index in [0.717, 1.165) is 23.8 Å². The summed E-state index contributed by atoms with van der Waals surface area (Å²) < 4.78 is 83.5. The predicted molar refractivity (Wildman–Crippen MR) is 519 cm³/mol.